The Hall–Kier alpha value is -2.29. The van der Waals surface area contributed by atoms with E-state index in [0.717, 1.165) is 5.56 Å². The van der Waals surface area contributed by atoms with Gasteiger partial charge in [0.25, 0.3) is 0 Å². The van der Waals surface area contributed by atoms with Crippen molar-refractivity contribution in [3.8, 4) is 11.5 Å². The first kappa shape index (κ1) is 10.8. The molecule has 1 aliphatic heterocycles. The fraction of sp³-hybridized carbons (Fsp3) is 0.133. The highest BCUT2D eigenvalue weighted by atomic mass is 16.7. The normalized spacial score (nSPS) is 12.4. The van der Waals surface area contributed by atoms with E-state index in [2.05, 4.69) is 0 Å². The molecule has 0 bridgehead atoms. The van der Waals surface area contributed by atoms with Gasteiger partial charge in [-0.15, -0.1) is 0 Å². The minimum absolute atomic E-state index is 0.0829. The van der Waals surface area contributed by atoms with E-state index in [1.54, 1.807) is 18.2 Å². The van der Waals surface area contributed by atoms with Gasteiger partial charge in [-0.05, 0) is 23.8 Å². The van der Waals surface area contributed by atoms with Crippen molar-refractivity contribution < 1.29 is 14.3 Å². The summed E-state index contributed by atoms with van der Waals surface area (Å²) < 4.78 is 10.5. The molecule has 0 unspecified atom stereocenters. The van der Waals surface area contributed by atoms with E-state index < -0.39 is 0 Å². The van der Waals surface area contributed by atoms with Crippen LogP contribution < -0.4 is 9.47 Å². The number of carbonyl (C=O) groups is 1. The fourth-order valence-electron chi connectivity index (χ4n) is 1.95. The van der Waals surface area contributed by atoms with Crippen LogP contribution in [0.4, 0.5) is 0 Å². The number of fused-ring (bicyclic) bond motifs is 1. The summed E-state index contributed by atoms with van der Waals surface area (Å²) in [4.78, 5) is 12.1. The van der Waals surface area contributed by atoms with Crippen LogP contribution in [0.25, 0.3) is 0 Å². The molecule has 90 valence electrons. The summed E-state index contributed by atoms with van der Waals surface area (Å²) in [5, 5.41) is 0. The van der Waals surface area contributed by atoms with Crippen LogP contribution in [0.5, 0.6) is 11.5 Å². The van der Waals surface area contributed by atoms with Gasteiger partial charge in [-0.25, -0.2) is 0 Å². The van der Waals surface area contributed by atoms with Crippen LogP contribution in [-0.4, -0.2) is 12.6 Å². The molecule has 0 N–H and O–H groups in total. The molecule has 18 heavy (non-hydrogen) atoms. The highest BCUT2D eigenvalue weighted by molar-refractivity contribution is 5.98. The van der Waals surface area contributed by atoms with E-state index in [4.69, 9.17) is 9.47 Å². The van der Waals surface area contributed by atoms with Crippen LogP contribution >= 0.6 is 0 Å². The van der Waals surface area contributed by atoms with E-state index in [1.807, 2.05) is 30.3 Å². The average molecular weight is 240 g/mol. The lowest BCUT2D eigenvalue weighted by Gasteiger charge is -2.03. The van der Waals surface area contributed by atoms with Crippen molar-refractivity contribution in [3.05, 3.63) is 59.7 Å². The van der Waals surface area contributed by atoms with Crippen molar-refractivity contribution in [1.82, 2.24) is 0 Å². The summed E-state index contributed by atoms with van der Waals surface area (Å²) in [5.41, 5.74) is 1.67. The van der Waals surface area contributed by atoms with Gasteiger partial charge in [-0.1, -0.05) is 30.3 Å². The molecule has 3 rings (SSSR count). The predicted molar refractivity (Wildman–Crippen MR) is 67.0 cm³/mol. The number of carbonyl (C=O) groups excluding carboxylic acids is 1. The third-order valence-electron chi connectivity index (χ3n) is 2.90. The Balaban J connectivity index is 1.81. The maximum Gasteiger partial charge on any atom is 0.231 e. The first-order chi connectivity index (χ1) is 8.83. The van der Waals surface area contributed by atoms with E-state index in [0.29, 0.717) is 23.5 Å². The minimum atomic E-state index is 0.0829. The molecule has 1 aliphatic rings. The summed E-state index contributed by atoms with van der Waals surface area (Å²) in [7, 11) is 0. The van der Waals surface area contributed by atoms with Crippen molar-refractivity contribution in [2.75, 3.05) is 6.79 Å². The number of ether oxygens (including phenoxy) is 2. The highest BCUT2D eigenvalue weighted by Crippen LogP contribution is 2.32. The topological polar surface area (TPSA) is 35.5 Å². The lowest BCUT2D eigenvalue weighted by molar-refractivity contribution is 0.0992. The number of rotatable bonds is 3. The fourth-order valence-corrected chi connectivity index (χ4v) is 1.95. The van der Waals surface area contributed by atoms with Crippen LogP contribution in [0.15, 0.2) is 48.5 Å². The highest BCUT2D eigenvalue weighted by Gasteiger charge is 2.16. The molecule has 0 aromatic heterocycles. The van der Waals surface area contributed by atoms with Crippen molar-refractivity contribution in [2.24, 2.45) is 0 Å². The van der Waals surface area contributed by atoms with E-state index in [9.17, 15) is 4.79 Å². The second-order valence-corrected chi connectivity index (χ2v) is 4.15. The zero-order chi connectivity index (χ0) is 12.4. The number of ketones is 1. The average Bonchev–Trinajstić information content (AvgIpc) is 2.87. The van der Waals surface area contributed by atoms with Gasteiger partial charge in [0.05, 0.1) is 0 Å². The Morgan fingerprint density at radius 1 is 1.00 bits per heavy atom. The molecule has 0 saturated carbocycles. The second-order valence-electron chi connectivity index (χ2n) is 4.15. The van der Waals surface area contributed by atoms with E-state index in [1.165, 1.54) is 0 Å². The molecule has 0 atom stereocenters. The third-order valence-corrected chi connectivity index (χ3v) is 2.90. The van der Waals surface area contributed by atoms with Gasteiger partial charge < -0.3 is 9.47 Å². The quantitative estimate of drug-likeness (QED) is 0.774. The van der Waals surface area contributed by atoms with E-state index in [-0.39, 0.29) is 12.6 Å². The maximum atomic E-state index is 12.1. The Kier molecular flexibility index (Phi) is 2.73. The minimum Gasteiger partial charge on any atom is -0.454 e. The van der Waals surface area contributed by atoms with Crippen molar-refractivity contribution in [3.63, 3.8) is 0 Å². The summed E-state index contributed by atoms with van der Waals surface area (Å²) >= 11 is 0. The molecule has 0 spiro atoms. The summed E-state index contributed by atoms with van der Waals surface area (Å²) in [6, 6.07) is 15.0. The molecule has 0 radical (unpaired) electrons. The molecule has 3 heteroatoms. The molecule has 0 saturated heterocycles. The van der Waals surface area contributed by atoms with Crippen LogP contribution in [-0.2, 0) is 6.42 Å². The van der Waals surface area contributed by atoms with Gasteiger partial charge >= 0.3 is 0 Å². The van der Waals surface area contributed by atoms with Gasteiger partial charge in [0.2, 0.25) is 6.79 Å². The van der Waals surface area contributed by atoms with Gasteiger partial charge in [0.1, 0.15) is 0 Å². The molecule has 2 aromatic carbocycles. The zero-order valence-electron chi connectivity index (χ0n) is 9.76. The van der Waals surface area contributed by atoms with Crippen LogP contribution in [0.2, 0.25) is 0 Å². The van der Waals surface area contributed by atoms with Crippen molar-refractivity contribution in [1.29, 1.82) is 0 Å². The molecule has 0 fully saturated rings. The Morgan fingerprint density at radius 3 is 2.61 bits per heavy atom. The maximum absolute atomic E-state index is 12.1. The summed E-state index contributed by atoms with van der Waals surface area (Å²) in [6.07, 6.45) is 0.403. The molecule has 3 nitrogen and oxygen atoms in total. The largest absolute Gasteiger partial charge is 0.454 e. The first-order valence-electron chi connectivity index (χ1n) is 5.80. The molecule has 0 amide bonds. The number of Topliss-reactive ketones (excluding diaryl/α,β-unsaturated/α-hetero) is 1. The summed E-state index contributed by atoms with van der Waals surface area (Å²) in [5.74, 6) is 1.43. The molecule has 2 aromatic rings. The zero-order valence-corrected chi connectivity index (χ0v) is 9.76. The lowest BCUT2D eigenvalue weighted by Crippen LogP contribution is -2.03. The number of benzene rings is 2. The molecular formula is C15H12O3. The predicted octanol–water partition coefficient (Wildman–Crippen LogP) is 2.84. The number of hydrogen-bond acceptors (Lipinski definition) is 3. The monoisotopic (exact) mass is 240 g/mol. The summed E-state index contributed by atoms with van der Waals surface area (Å²) in [6.45, 7) is 0.228. The van der Waals surface area contributed by atoms with Gasteiger partial charge in [-0.2, -0.15) is 0 Å². The van der Waals surface area contributed by atoms with Crippen LogP contribution in [0, 0.1) is 0 Å². The van der Waals surface area contributed by atoms with Gasteiger partial charge in [0.15, 0.2) is 17.3 Å². The number of hydrogen-bond donors (Lipinski definition) is 0. The van der Waals surface area contributed by atoms with Crippen molar-refractivity contribution in [2.45, 2.75) is 6.42 Å². The Morgan fingerprint density at radius 2 is 1.78 bits per heavy atom. The van der Waals surface area contributed by atoms with Crippen molar-refractivity contribution >= 4 is 5.78 Å². The second kappa shape index (κ2) is 4.53. The van der Waals surface area contributed by atoms with Crippen LogP contribution in [0.3, 0.4) is 0 Å². The Bertz CT molecular complexity index is 576. The Labute approximate surface area is 105 Å². The molecular weight excluding hydrogens is 228 g/mol. The first-order valence-corrected chi connectivity index (χ1v) is 5.80. The van der Waals surface area contributed by atoms with Crippen LogP contribution in [0.1, 0.15) is 15.9 Å². The van der Waals surface area contributed by atoms with E-state index >= 15 is 0 Å². The lowest BCUT2D eigenvalue weighted by atomic mass is 10.0. The SMILES string of the molecule is O=C(Cc1ccccc1)c1ccc2c(c1)OCO2. The van der Waals surface area contributed by atoms with Gasteiger partial charge in [0, 0.05) is 12.0 Å². The molecule has 1 heterocycles. The standard InChI is InChI=1S/C15H12O3/c16-13(8-11-4-2-1-3-5-11)12-6-7-14-15(9-12)18-10-17-14/h1-7,9H,8,10H2. The third kappa shape index (κ3) is 2.07. The molecule has 0 aliphatic carbocycles. The van der Waals surface area contributed by atoms with Gasteiger partial charge in [-0.3, -0.25) is 4.79 Å². The smallest absolute Gasteiger partial charge is 0.231 e.